The van der Waals surface area contributed by atoms with Crippen LogP contribution in [0.5, 0.6) is 0 Å². The van der Waals surface area contributed by atoms with E-state index in [9.17, 15) is 8.42 Å². The van der Waals surface area contributed by atoms with Crippen LogP contribution in [0, 0.1) is 6.92 Å². The minimum Gasteiger partial charge on any atom is -0.439 e. The van der Waals surface area contributed by atoms with E-state index in [0.29, 0.717) is 37.2 Å². The maximum atomic E-state index is 12.3. The van der Waals surface area contributed by atoms with Crippen LogP contribution in [0.15, 0.2) is 39.9 Å². The summed E-state index contributed by atoms with van der Waals surface area (Å²) in [7, 11) is -3.10. The first-order valence-electron chi connectivity index (χ1n) is 9.49. The Balaban J connectivity index is 0.00000300. The van der Waals surface area contributed by atoms with Crippen molar-refractivity contribution in [3.8, 4) is 11.3 Å². The second-order valence-electron chi connectivity index (χ2n) is 7.65. The van der Waals surface area contributed by atoms with Crippen molar-refractivity contribution in [2.24, 2.45) is 4.99 Å². The summed E-state index contributed by atoms with van der Waals surface area (Å²) in [6.45, 7) is 9.38. The second-order valence-corrected chi connectivity index (χ2v) is 10.4. The van der Waals surface area contributed by atoms with Gasteiger partial charge < -0.3 is 14.6 Å². The van der Waals surface area contributed by atoms with Gasteiger partial charge in [-0.15, -0.1) is 24.0 Å². The lowest BCUT2D eigenvalue weighted by Crippen LogP contribution is -2.57. The SMILES string of the molecule is CCNC(=NCc1ncc(-c2ccc(C)cc2)o1)N1CCS(=O)(=O)C(C)(C)C1.I. The monoisotopic (exact) mass is 532 g/mol. The van der Waals surface area contributed by atoms with Crippen LogP contribution >= 0.6 is 24.0 Å². The Morgan fingerprint density at radius 1 is 1.31 bits per heavy atom. The van der Waals surface area contributed by atoms with E-state index in [4.69, 9.17) is 4.42 Å². The van der Waals surface area contributed by atoms with E-state index >= 15 is 0 Å². The molecule has 0 unspecified atom stereocenters. The van der Waals surface area contributed by atoms with Crippen LogP contribution < -0.4 is 5.32 Å². The van der Waals surface area contributed by atoms with Crippen molar-refractivity contribution in [1.29, 1.82) is 0 Å². The summed E-state index contributed by atoms with van der Waals surface area (Å²) >= 11 is 0. The Bertz CT molecular complexity index is 952. The number of aliphatic imine (C=N–C) groups is 1. The number of benzene rings is 1. The van der Waals surface area contributed by atoms with Crippen LogP contribution in [0.1, 0.15) is 32.2 Å². The number of rotatable bonds is 4. The summed E-state index contributed by atoms with van der Waals surface area (Å²) in [6.07, 6.45) is 1.71. The lowest BCUT2D eigenvalue weighted by atomic mass is 10.1. The Labute approximate surface area is 189 Å². The molecule has 1 aromatic carbocycles. The van der Waals surface area contributed by atoms with E-state index in [1.54, 1.807) is 20.0 Å². The van der Waals surface area contributed by atoms with Crippen molar-refractivity contribution >= 4 is 39.8 Å². The molecule has 0 radical (unpaired) electrons. The average Bonchev–Trinajstić information content (AvgIpc) is 3.11. The second kappa shape index (κ2) is 9.46. The highest BCUT2D eigenvalue weighted by Crippen LogP contribution is 2.24. The third-order valence-corrected chi connectivity index (χ3v) is 7.46. The Kier molecular flexibility index (Phi) is 7.72. The fourth-order valence-electron chi connectivity index (χ4n) is 3.13. The zero-order valence-electron chi connectivity index (χ0n) is 17.3. The number of aromatic nitrogens is 1. The molecule has 160 valence electrons. The number of halogens is 1. The van der Waals surface area contributed by atoms with Crippen molar-refractivity contribution in [3.63, 3.8) is 0 Å². The molecule has 0 bridgehead atoms. The third kappa shape index (κ3) is 5.50. The number of nitrogens with one attached hydrogen (secondary N) is 1. The highest BCUT2D eigenvalue weighted by atomic mass is 127. The number of hydrogen-bond acceptors (Lipinski definition) is 5. The van der Waals surface area contributed by atoms with Gasteiger partial charge in [0.15, 0.2) is 21.6 Å². The van der Waals surface area contributed by atoms with Gasteiger partial charge in [0.25, 0.3) is 0 Å². The molecule has 0 spiro atoms. The molecule has 7 nitrogen and oxygen atoms in total. The molecule has 0 saturated carbocycles. The number of aryl methyl sites for hydroxylation is 1. The van der Waals surface area contributed by atoms with Crippen LogP contribution in [0.25, 0.3) is 11.3 Å². The Morgan fingerprint density at radius 3 is 2.62 bits per heavy atom. The lowest BCUT2D eigenvalue weighted by Gasteiger charge is -2.39. The lowest BCUT2D eigenvalue weighted by molar-refractivity contribution is 0.352. The quantitative estimate of drug-likeness (QED) is 0.370. The van der Waals surface area contributed by atoms with Gasteiger partial charge in [-0.2, -0.15) is 0 Å². The van der Waals surface area contributed by atoms with Crippen LogP contribution in [-0.4, -0.2) is 54.4 Å². The van der Waals surface area contributed by atoms with Crippen molar-refractivity contribution in [2.45, 2.75) is 39.0 Å². The highest BCUT2D eigenvalue weighted by molar-refractivity contribution is 14.0. The van der Waals surface area contributed by atoms with Gasteiger partial charge in [-0.25, -0.2) is 18.4 Å². The van der Waals surface area contributed by atoms with Gasteiger partial charge in [0.2, 0.25) is 5.89 Å². The Morgan fingerprint density at radius 2 is 2.00 bits per heavy atom. The van der Waals surface area contributed by atoms with E-state index in [0.717, 1.165) is 5.56 Å². The minimum atomic E-state index is -3.10. The van der Waals surface area contributed by atoms with E-state index in [1.807, 2.05) is 43.0 Å². The minimum absolute atomic E-state index is 0. The van der Waals surface area contributed by atoms with Crippen molar-refractivity contribution in [2.75, 3.05) is 25.4 Å². The van der Waals surface area contributed by atoms with Crippen molar-refractivity contribution in [3.05, 3.63) is 41.9 Å². The summed E-state index contributed by atoms with van der Waals surface area (Å²) in [5.74, 6) is 2.04. The van der Waals surface area contributed by atoms with E-state index in [1.165, 1.54) is 5.56 Å². The molecule has 3 rings (SSSR count). The molecule has 1 fully saturated rings. The summed E-state index contributed by atoms with van der Waals surface area (Å²) < 4.78 is 29.5. The molecule has 9 heteroatoms. The maximum Gasteiger partial charge on any atom is 0.216 e. The molecule has 0 atom stereocenters. The highest BCUT2D eigenvalue weighted by Gasteiger charge is 2.40. The predicted molar refractivity (Wildman–Crippen MR) is 126 cm³/mol. The topological polar surface area (TPSA) is 87.8 Å². The molecule has 1 aromatic heterocycles. The van der Waals surface area contributed by atoms with Crippen LogP contribution in [-0.2, 0) is 16.4 Å². The van der Waals surface area contributed by atoms with E-state index in [2.05, 4.69) is 15.3 Å². The van der Waals surface area contributed by atoms with Gasteiger partial charge >= 0.3 is 0 Å². The van der Waals surface area contributed by atoms with Crippen LogP contribution in [0.4, 0.5) is 0 Å². The summed E-state index contributed by atoms with van der Waals surface area (Å²) in [5, 5.41) is 3.24. The zero-order valence-corrected chi connectivity index (χ0v) is 20.5. The molecular weight excluding hydrogens is 503 g/mol. The van der Waals surface area contributed by atoms with Gasteiger partial charge in [-0.3, -0.25) is 0 Å². The van der Waals surface area contributed by atoms with Crippen molar-refractivity contribution in [1.82, 2.24) is 15.2 Å². The van der Waals surface area contributed by atoms with E-state index in [-0.39, 0.29) is 36.3 Å². The van der Waals surface area contributed by atoms with Gasteiger partial charge in [0.05, 0.1) is 16.7 Å². The first kappa shape index (κ1) is 23.7. The maximum absolute atomic E-state index is 12.3. The van der Waals surface area contributed by atoms with Gasteiger partial charge in [0, 0.05) is 25.2 Å². The molecular formula is C20H29IN4O3S. The first-order chi connectivity index (χ1) is 13.2. The van der Waals surface area contributed by atoms with Gasteiger partial charge in [-0.1, -0.05) is 29.8 Å². The Hall–Kier alpha value is -1.62. The number of guanidine groups is 1. The number of hydrogen-bond donors (Lipinski definition) is 1. The van der Waals surface area contributed by atoms with Gasteiger partial charge in [0.1, 0.15) is 6.54 Å². The smallest absolute Gasteiger partial charge is 0.216 e. The predicted octanol–water partition coefficient (Wildman–Crippen LogP) is 3.24. The molecule has 1 aliphatic heterocycles. The molecule has 1 aliphatic rings. The molecule has 1 saturated heterocycles. The zero-order chi connectivity index (χ0) is 20.4. The van der Waals surface area contributed by atoms with Gasteiger partial charge in [-0.05, 0) is 27.7 Å². The third-order valence-electron chi connectivity index (χ3n) is 4.93. The molecule has 1 N–H and O–H groups in total. The van der Waals surface area contributed by atoms with Crippen molar-refractivity contribution < 1.29 is 12.8 Å². The standard InChI is InChI=1S/C20H28N4O3S.HI/c1-5-21-19(24-10-11-28(25,26)20(3,4)14-24)23-13-18-22-12-17(27-18)16-8-6-15(2)7-9-16;/h6-9,12H,5,10-11,13-14H2,1-4H3,(H,21,23);1H. The fraction of sp³-hybridized carbons (Fsp3) is 0.500. The number of oxazole rings is 1. The molecule has 29 heavy (non-hydrogen) atoms. The molecule has 0 aliphatic carbocycles. The average molecular weight is 532 g/mol. The normalized spacial score (nSPS) is 18.2. The van der Waals surface area contributed by atoms with Crippen LogP contribution in [0.3, 0.4) is 0 Å². The summed E-state index contributed by atoms with van der Waals surface area (Å²) in [5.41, 5.74) is 2.16. The first-order valence-corrected chi connectivity index (χ1v) is 11.1. The largest absolute Gasteiger partial charge is 0.439 e. The molecule has 2 aromatic rings. The number of nitrogens with zero attached hydrogens (tertiary/aromatic N) is 3. The molecule has 0 amide bonds. The molecule has 2 heterocycles. The van der Waals surface area contributed by atoms with E-state index < -0.39 is 14.6 Å². The fourth-order valence-corrected chi connectivity index (χ4v) is 4.49. The van der Waals surface area contributed by atoms with Crippen LogP contribution in [0.2, 0.25) is 0 Å². The number of sulfone groups is 1. The summed E-state index contributed by atoms with van der Waals surface area (Å²) in [4.78, 5) is 10.9. The summed E-state index contributed by atoms with van der Waals surface area (Å²) in [6, 6.07) is 8.07.